The average Bonchev–Trinajstić information content (AvgIpc) is 2.17. The molecular formula is C11H21IO. The Hall–Kier alpha value is 0.690. The number of alkyl halides is 1. The molecule has 1 fully saturated rings. The highest BCUT2D eigenvalue weighted by atomic mass is 127. The molecule has 0 aromatic carbocycles. The minimum absolute atomic E-state index is 0.500. The van der Waals surface area contributed by atoms with Crippen molar-refractivity contribution in [1.82, 2.24) is 0 Å². The molecule has 0 radical (unpaired) electrons. The highest BCUT2D eigenvalue weighted by Gasteiger charge is 2.25. The standard InChI is InChI=1S/C11H21IO/c1-3-9(4-2)13-11-8-6-5-7-10(11)12/h9-11H,3-8H2,1-2H3. The molecule has 78 valence electrons. The summed E-state index contributed by atoms with van der Waals surface area (Å²) in [6.45, 7) is 4.44. The van der Waals surface area contributed by atoms with Crippen molar-refractivity contribution in [1.29, 1.82) is 0 Å². The average molecular weight is 296 g/mol. The molecule has 0 heterocycles. The van der Waals surface area contributed by atoms with Gasteiger partial charge in [0.15, 0.2) is 0 Å². The van der Waals surface area contributed by atoms with Gasteiger partial charge in [-0.2, -0.15) is 0 Å². The number of ether oxygens (including phenoxy) is 1. The van der Waals surface area contributed by atoms with E-state index in [1.54, 1.807) is 0 Å². The van der Waals surface area contributed by atoms with Gasteiger partial charge in [-0.05, 0) is 25.7 Å². The van der Waals surface area contributed by atoms with Crippen molar-refractivity contribution in [3.8, 4) is 0 Å². The second-order valence-corrected chi connectivity index (χ2v) is 5.51. The third kappa shape index (κ3) is 3.74. The van der Waals surface area contributed by atoms with Gasteiger partial charge in [0.2, 0.25) is 0 Å². The maximum Gasteiger partial charge on any atom is 0.0696 e. The predicted molar refractivity (Wildman–Crippen MR) is 65.5 cm³/mol. The number of halogens is 1. The molecule has 13 heavy (non-hydrogen) atoms. The van der Waals surface area contributed by atoms with Crippen LogP contribution in [0.4, 0.5) is 0 Å². The van der Waals surface area contributed by atoms with E-state index in [9.17, 15) is 0 Å². The Kier molecular flexibility index (Phi) is 5.63. The lowest BCUT2D eigenvalue weighted by Gasteiger charge is -2.30. The molecule has 1 nitrogen and oxygen atoms in total. The van der Waals surface area contributed by atoms with Crippen LogP contribution in [-0.2, 0) is 4.74 Å². The van der Waals surface area contributed by atoms with Crippen LogP contribution in [0.25, 0.3) is 0 Å². The summed E-state index contributed by atoms with van der Waals surface area (Å²) in [7, 11) is 0. The lowest BCUT2D eigenvalue weighted by atomic mass is 9.97. The van der Waals surface area contributed by atoms with Gasteiger partial charge in [0.05, 0.1) is 12.2 Å². The van der Waals surface area contributed by atoms with Crippen molar-refractivity contribution in [2.24, 2.45) is 0 Å². The van der Waals surface area contributed by atoms with Gasteiger partial charge < -0.3 is 4.74 Å². The Morgan fingerprint density at radius 1 is 1.23 bits per heavy atom. The van der Waals surface area contributed by atoms with E-state index in [0.717, 1.165) is 16.8 Å². The van der Waals surface area contributed by atoms with Crippen LogP contribution in [0.1, 0.15) is 52.4 Å². The lowest BCUT2D eigenvalue weighted by molar-refractivity contribution is -0.0265. The van der Waals surface area contributed by atoms with E-state index in [0.29, 0.717) is 12.2 Å². The summed E-state index contributed by atoms with van der Waals surface area (Å²) in [5.74, 6) is 0. The van der Waals surface area contributed by atoms with E-state index < -0.39 is 0 Å². The van der Waals surface area contributed by atoms with Crippen LogP contribution >= 0.6 is 22.6 Å². The molecule has 2 heteroatoms. The van der Waals surface area contributed by atoms with E-state index in [4.69, 9.17) is 4.74 Å². The smallest absolute Gasteiger partial charge is 0.0696 e. The first-order chi connectivity index (χ1) is 6.27. The monoisotopic (exact) mass is 296 g/mol. The predicted octanol–water partition coefficient (Wildman–Crippen LogP) is 3.94. The Balaban J connectivity index is 2.32. The highest BCUT2D eigenvalue weighted by Crippen LogP contribution is 2.28. The lowest BCUT2D eigenvalue weighted by Crippen LogP contribution is -2.31. The fourth-order valence-electron chi connectivity index (χ4n) is 1.93. The van der Waals surface area contributed by atoms with E-state index in [2.05, 4.69) is 36.4 Å². The van der Waals surface area contributed by atoms with Crippen LogP contribution in [0.15, 0.2) is 0 Å². The molecule has 0 aromatic rings. The Morgan fingerprint density at radius 2 is 1.85 bits per heavy atom. The van der Waals surface area contributed by atoms with Gasteiger partial charge in [-0.25, -0.2) is 0 Å². The molecule has 0 spiro atoms. The minimum atomic E-state index is 0.500. The van der Waals surface area contributed by atoms with Gasteiger partial charge in [0, 0.05) is 3.92 Å². The van der Waals surface area contributed by atoms with Crippen LogP contribution in [0, 0.1) is 0 Å². The van der Waals surface area contributed by atoms with Crippen LogP contribution in [0.5, 0.6) is 0 Å². The van der Waals surface area contributed by atoms with Crippen molar-refractivity contribution in [3.05, 3.63) is 0 Å². The number of hydrogen-bond acceptors (Lipinski definition) is 1. The first-order valence-electron chi connectivity index (χ1n) is 5.57. The molecule has 1 aliphatic rings. The molecule has 2 atom stereocenters. The van der Waals surface area contributed by atoms with Crippen molar-refractivity contribution < 1.29 is 4.74 Å². The molecule has 0 N–H and O–H groups in total. The maximum atomic E-state index is 6.09. The van der Waals surface area contributed by atoms with Gasteiger partial charge in [-0.3, -0.25) is 0 Å². The summed E-state index contributed by atoms with van der Waals surface area (Å²) in [6, 6.07) is 0. The van der Waals surface area contributed by atoms with Crippen LogP contribution in [0.2, 0.25) is 0 Å². The summed E-state index contributed by atoms with van der Waals surface area (Å²) >= 11 is 2.56. The van der Waals surface area contributed by atoms with Crippen molar-refractivity contribution >= 4 is 22.6 Å². The summed E-state index contributed by atoms with van der Waals surface area (Å²) in [4.78, 5) is 0. The first kappa shape index (κ1) is 11.8. The molecule has 0 saturated heterocycles. The summed E-state index contributed by atoms with van der Waals surface area (Å²) in [5, 5.41) is 0. The topological polar surface area (TPSA) is 9.23 Å². The van der Waals surface area contributed by atoms with Crippen molar-refractivity contribution in [2.75, 3.05) is 0 Å². The summed E-state index contributed by atoms with van der Waals surface area (Å²) in [5.41, 5.74) is 0. The van der Waals surface area contributed by atoms with Crippen LogP contribution in [0.3, 0.4) is 0 Å². The third-order valence-electron chi connectivity index (χ3n) is 2.90. The normalized spacial score (nSPS) is 29.5. The Bertz CT molecular complexity index is 134. The molecule has 1 rings (SSSR count). The maximum absolute atomic E-state index is 6.09. The molecule has 2 unspecified atom stereocenters. The van der Waals surface area contributed by atoms with Crippen LogP contribution in [-0.4, -0.2) is 16.1 Å². The molecule has 0 bridgehead atoms. The third-order valence-corrected chi connectivity index (χ3v) is 4.32. The molecule has 0 aromatic heterocycles. The Morgan fingerprint density at radius 3 is 2.38 bits per heavy atom. The first-order valence-corrected chi connectivity index (χ1v) is 6.82. The van der Waals surface area contributed by atoms with Gasteiger partial charge >= 0.3 is 0 Å². The molecule has 1 aliphatic carbocycles. The van der Waals surface area contributed by atoms with Crippen molar-refractivity contribution in [2.45, 2.75) is 68.5 Å². The second kappa shape index (κ2) is 6.23. The molecule has 0 amide bonds. The fraction of sp³-hybridized carbons (Fsp3) is 1.00. The quantitative estimate of drug-likeness (QED) is 0.564. The zero-order valence-electron chi connectivity index (χ0n) is 8.76. The molecule has 0 aliphatic heterocycles. The van der Waals surface area contributed by atoms with Gasteiger partial charge in [-0.1, -0.05) is 49.3 Å². The van der Waals surface area contributed by atoms with Gasteiger partial charge in [0.1, 0.15) is 0 Å². The molecule has 1 saturated carbocycles. The van der Waals surface area contributed by atoms with E-state index in [1.807, 2.05) is 0 Å². The largest absolute Gasteiger partial charge is 0.374 e. The zero-order chi connectivity index (χ0) is 9.68. The SMILES string of the molecule is CCC(CC)OC1CCCCC1I. The number of rotatable bonds is 4. The summed E-state index contributed by atoms with van der Waals surface area (Å²) < 4.78 is 6.85. The van der Waals surface area contributed by atoms with Gasteiger partial charge in [-0.15, -0.1) is 0 Å². The van der Waals surface area contributed by atoms with Gasteiger partial charge in [0.25, 0.3) is 0 Å². The van der Waals surface area contributed by atoms with Crippen LogP contribution < -0.4 is 0 Å². The summed E-state index contributed by atoms with van der Waals surface area (Å²) in [6.07, 6.45) is 8.77. The Labute approximate surface area is 95.8 Å². The van der Waals surface area contributed by atoms with E-state index >= 15 is 0 Å². The van der Waals surface area contributed by atoms with Crippen molar-refractivity contribution in [3.63, 3.8) is 0 Å². The fourth-order valence-corrected chi connectivity index (χ4v) is 2.90. The van der Waals surface area contributed by atoms with E-state index in [1.165, 1.54) is 25.7 Å². The second-order valence-electron chi connectivity index (χ2n) is 3.91. The molecular weight excluding hydrogens is 275 g/mol. The minimum Gasteiger partial charge on any atom is -0.374 e. The highest BCUT2D eigenvalue weighted by molar-refractivity contribution is 14.1. The number of hydrogen-bond donors (Lipinski definition) is 0. The zero-order valence-corrected chi connectivity index (χ0v) is 10.9. The van der Waals surface area contributed by atoms with E-state index in [-0.39, 0.29) is 0 Å².